The van der Waals surface area contributed by atoms with Gasteiger partial charge in [0, 0.05) is 26.1 Å². The summed E-state index contributed by atoms with van der Waals surface area (Å²) in [6.45, 7) is -0.110. The van der Waals surface area contributed by atoms with Gasteiger partial charge in [-0.05, 0) is 24.6 Å². The number of amides is 1. The maximum atomic E-state index is 12.7. The molecule has 0 aromatic heterocycles. The monoisotopic (exact) mass is 352 g/mol. The molecule has 10 heteroatoms. The molecule has 0 radical (unpaired) electrons. The number of rotatable bonds is 4. The maximum Gasteiger partial charge on any atom is 0.416 e. The van der Waals surface area contributed by atoms with Gasteiger partial charge in [-0.25, -0.2) is 13.1 Å². The standard InChI is InChI=1S/C13H15F3N2O4S/c1-18-9(2-3-12(18)20)7-17-23(21,22)11-5-8(13(14,15)16)4-10(19)6-11/h4-6,9,17,19H,2-3,7H2,1H3. The van der Waals surface area contributed by atoms with Gasteiger partial charge in [0.05, 0.1) is 10.5 Å². The van der Waals surface area contributed by atoms with E-state index in [2.05, 4.69) is 4.72 Å². The summed E-state index contributed by atoms with van der Waals surface area (Å²) in [7, 11) is -2.71. The molecule has 1 fully saturated rings. The number of phenolic OH excluding ortho intramolecular Hbond substituents is 1. The Morgan fingerprint density at radius 2 is 2.00 bits per heavy atom. The average Bonchev–Trinajstić information content (AvgIpc) is 2.75. The fourth-order valence-corrected chi connectivity index (χ4v) is 3.43. The number of likely N-dealkylation sites (tertiary alicyclic amines) is 1. The number of carbonyl (C=O) groups excluding carboxylic acids is 1. The van der Waals surface area contributed by atoms with Gasteiger partial charge in [0.25, 0.3) is 0 Å². The summed E-state index contributed by atoms with van der Waals surface area (Å²) < 4.78 is 64.5. The van der Waals surface area contributed by atoms with Crippen LogP contribution >= 0.6 is 0 Å². The van der Waals surface area contributed by atoms with Crippen molar-refractivity contribution in [1.82, 2.24) is 9.62 Å². The minimum absolute atomic E-state index is 0.110. The van der Waals surface area contributed by atoms with Crippen molar-refractivity contribution in [3.8, 4) is 5.75 Å². The topological polar surface area (TPSA) is 86.7 Å². The van der Waals surface area contributed by atoms with Crippen molar-refractivity contribution in [2.75, 3.05) is 13.6 Å². The van der Waals surface area contributed by atoms with E-state index < -0.39 is 32.4 Å². The first-order valence-electron chi connectivity index (χ1n) is 6.67. The molecule has 6 nitrogen and oxygen atoms in total. The van der Waals surface area contributed by atoms with Crippen LogP contribution in [0, 0.1) is 0 Å². The fraction of sp³-hybridized carbons (Fsp3) is 0.462. The smallest absolute Gasteiger partial charge is 0.416 e. The lowest BCUT2D eigenvalue weighted by atomic mass is 10.2. The van der Waals surface area contributed by atoms with E-state index in [0.29, 0.717) is 25.0 Å². The Morgan fingerprint density at radius 1 is 1.35 bits per heavy atom. The number of halogens is 3. The highest BCUT2D eigenvalue weighted by atomic mass is 32.2. The molecule has 1 heterocycles. The molecular weight excluding hydrogens is 337 g/mol. The van der Waals surface area contributed by atoms with E-state index in [1.807, 2.05) is 0 Å². The highest BCUT2D eigenvalue weighted by Crippen LogP contribution is 2.33. The van der Waals surface area contributed by atoms with E-state index >= 15 is 0 Å². The lowest BCUT2D eigenvalue weighted by molar-refractivity contribution is -0.137. The van der Waals surface area contributed by atoms with Gasteiger partial charge in [0.15, 0.2) is 0 Å². The molecule has 1 aliphatic rings. The van der Waals surface area contributed by atoms with Gasteiger partial charge < -0.3 is 10.0 Å². The van der Waals surface area contributed by atoms with Crippen molar-refractivity contribution >= 4 is 15.9 Å². The predicted molar refractivity (Wildman–Crippen MR) is 74.1 cm³/mol. The Hall–Kier alpha value is -1.81. The number of hydrogen-bond donors (Lipinski definition) is 2. The number of benzene rings is 1. The fourth-order valence-electron chi connectivity index (χ4n) is 2.29. The number of nitrogens with zero attached hydrogens (tertiary/aromatic N) is 1. The summed E-state index contributed by atoms with van der Waals surface area (Å²) in [6.07, 6.45) is -4.01. The first-order valence-corrected chi connectivity index (χ1v) is 8.15. The third-order valence-electron chi connectivity index (χ3n) is 3.67. The van der Waals surface area contributed by atoms with Gasteiger partial charge >= 0.3 is 6.18 Å². The van der Waals surface area contributed by atoms with Crippen LogP contribution in [-0.2, 0) is 21.0 Å². The number of hydrogen-bond acceptors (Lipinski definition) is 4. The molecular formula is C13H15F3N2O4S. The van der Waals surface area contributed by atoms with E-state index in [4.69, 9.17) is 0 Å². The minimum Gasteiger partial charge on any atom is -0.508 e. The molecule has 2 N–H and O–H groups in total. The summed E-state index contributed by atoms with van der Waals surface area (Å²) in [5, 5.41) is 9.33. The van der Waals surface area contributed by atoms with Crippen LogP contribution in [0.15, 0.2) is 23.1 Å². The second-order valence-electron chi connectivity index (χ2n) is 5.26. The highest BCUT2D eigenvalue weighted by Gasteiger charge is 2.33. The Kier molecular flexibility index (Phi) is 4.58. The first-order chi connectivity index (χ1) is 10.5. The summed E-state index contributed by atoms with van der Waals surface area (Å²) in [5.41, 5.74) is -1.26. The van der Waals surface area contributed by atoms with Crippen molar-refractivity contribution in [1.29, 1.82) is 0 Å². The van der Waals surface area contributed by atoms with Crippen molar-refractivity contribution in [3.05, 3.63) is 23.8 Å². The molecule has 1 unspecified atom stereocenters. The Morgan fingerprint density at radius 3 is 2.52 bits per heavy atom. The molecule has 1 aliphatic heterocycles. The van der Waals surface area contributed by atoms with Crippen LogP contribution in [0.5, 0.6) is 5.75 Å². The van der Waals surface area contributed by atoms with Crippen molar-refractivity contribution in [2.24, 2.45) is 0 Å². The quantitative estimate of drug-likeness (QED) is 0.855. The molecule has 1 saturated heterocycles. The van der Waals surface area contributed by atoms with E-state index in [0.717, 1.165) is 6.07 Å². The van der Waals surface area contributed by atoms with Gasteiger partial charge in [-0.15, -0.1) is 0 Å². The summed E-state index contributed by atoms with van der Waals surface area (Å²) in [6, 6.07) is 1.28. The molecule has 0 saturated carbocycles. The second-order valence-corrected chi connectivity index (χ2v) is 7.03. The molecule has 128 valence electrons. The van der Waals surface area contributed by atoms with Crippen molar-refractivity contribution < 1.29 is 31.5 Å². The molecule has 1 atom stereocenters. The zero-order valence-electron chi connectivity index (χ0n) is 12.1. The molecule has 1 amide bonds. The minimum atomic E-state index is -4.78. The SMILES string of the molecule is CN1C(=O)CCC1CNS(=O)(=O)c1cc(O)cc(C(F)(F)F)c1. The van der Waals surface area contributed by atoms with E-state index in [9.17, 15) is 31.5 Å². The van der Waals surface area contributed by atoms with Crippen LogP contribution in [-0.4, -0.2) is 44.0 Å². The second kappa shape index (κ2) is 6.00. The summed E-state index contributed by atoms with van der Waals surface area (Å²) in [5.74, 6) is -0.917. The number of aromatic hydroxyl groups is 1. The predicted octanol–water partition coefficient (Wildman–Crippen LogP) is 1.31. The number of likely N-dealkylation sites (N-methyl/N-ethyl adjacent to an activating group) is 1. The zero-order valence-corrected chi connectivity index (χ0v) is 12.9. The molecule has 0 bridgehead atoms. The third-order valence-corrected chi connectivity index (χ3v) is 5.07. The highest BCUT2D eigenvalue weighted by molar-refractivity contribution is 7.89. The van der Waals surface area contributed by atoms with E-state index in [-0.39, 0.29) is 18.5 Å². The number of carbonyl (C=O) groups is 1. The number of nitrogens with one attached hydrogen (secondary N) is 1. The molecule has 1 aromatic rings. The largest absolute Gasteiger partial charge is 0.508 e. The van der Waals surface area contributed by atoms with Crippen LogP contribution in [0.4, 0.5) is 13.2 Å². The Labute approximate surface area is 131 Å². The average molecular weight is 352 g/mol. The molecule has 1 aromatic carbocycles. The maximum absolute atomic E-state index is 12.7. The zero-order chi connectivity index (χ0) is 17.4. The van der Waals surface area contributed by atoms with Crippen LogP contribution in [0.2, 0.25) is 0 Å². The molecule has 0 spiro atoms. The van der Waals surface area contributed by atoms with Crippen LogP contribution in [0.25, 0.3) is 0 Å². The lowest BCUT2D eigenvalue weighted by Gasteiger charge is -2.20. The van der Waals surface area contributed by atoms with Gasteiger partial charge in [-0.1, -0.05) is 0 Å². The van der Waals surface area contributed by atoms with Crippen molar-refractivity contribution in [2.45, 2.75) is 30.0 Å². The van der Waals surface area contributed by atoms with Gasteiger partial charge in [-0.2, -0.15) is 13.2 Å². The first kappa shape index (κ1) is 17.5. The van der Waals surface area contributed by atoms with Gasteiger partial charge in [-0.3, -0.25) is 4.79 Å². The normalized spacial score (nSPS) is 19.4. The summed E-state index contributed by atoms with van der Waals surface area (Å²) in [4.78, 5) is 12.1. The van der Waals surface area contributed by atoms with Crippen LogP contribution in [0.1, 0.15) is 18.4 Å². The lowest BCUT2D eigenvalue weighted by Crippen LogP contribution is -2.39. The van der Waals surface area contributed by atoms with Gasteiger partial charge in [0.1, 0.15) is 5.75 Å². The molecule has 23 heavy (non-hydrogen) atoms. The van der Waals surface area contributed by atoms with Crippen molar-refractivity contribution in [3.63, 3.8) is 0 Å². The number of phenols is 1. The Balaban J connectivity index is 2.20. The van der Waals surface area contributed by atoms with Gasteiger partial charge in [0.2, 0.25) is 15.9 Å². The van der Waals surface area contributed by atoms with E-state index in [1.165, 1.54) is 11.9 Å². The molecule has 2 rings (SSSR count). The van der Waals surface area contributed by atoms with Crippen LogP contribution < -0.4 is 4.72 Å². The number of alkyl halides is 3. The van der Waals surface area contributed by atoms with Crippen LogP contribution in [0.3, 0.4) is 0 Å². The van der Waals surface area contributed by atoms with E-state index in [1.54, 1.807) is 0 Å². The molecule has 0 aliphatic carbocycles. The number of sulfonamides is 1. The summed E-state index contributed by atoms with van der Waals surface area (Å²) >= 11 is 0. The third kappa shape index (κ3) is 3.94. The Bertz CT molecular complexity index is 718.